The van der Waals surface area contributed by atoms with Crippen molar-refractivity contribution in [3.63, 3.8) is 0 Å². The minimum atomic E-state index is -0.103. The number of hydrogen-bond donors (Lipinski definition) is 0. The normalized spacial score (nSPS) is 12.9. The van der Waals surface area contributed by atoms with E-state index in [0.29, 0.717) is 0 Å². The Morgan fingerprint density at radius 3 is 1.62 bits per heavy atom. The van der Waals surface area contributed by atoms with Gasteiger partial charge in [0.1, 0.15) is 0 Å². The van der Waals surface area contributed by atoms with E-state index in [1.54, 1.807) is 0 Å². The molecule has 1 aliphatic carbocycles. The Labute approximate surface area is 360 Å². The van der Waals surface area contributed by atoms with Crippen LogP contribution < -0.4 is 4.90 Å². The van der Waals surface area contributed by atoms with Gasteiger partial charge in [-0.3, -0.25) is 0 Å². The molecule has 1 aliphatic rings. The lowest BCUT2D eigenvalue weighted by Crippen LogP contribution is -2.16. The molecule has 11 aromatic rings. The van der Waals surface area contributed by atoms with Crippen LogP contribution in [0.3, 0.4) is 0 Å². The van der Waals surface area contributed by atoms with Crippen molar-refractivity contribution in [3.05, 3.63) is 223 Å². The van der Waals surface area contributed by atoms with Gasteiger partial charge in [-0.05, 0) is 148 Å². The maximum absolute atomic E-state index is 2.43. The Morgan fingerprint density at radius 2 is 0.869 bits per heavy atom. The highest BCUT2D eigenvalue weighted by Crippen LogP contribution is 2.51. The molecular formula is C59H41NS. The number of fused-ring (bicyclic) bond motifs is 10. The van der Waals surface area contributed by atoms with Crippen molar-refractivity contribution in [3.8, 4) is 43.1 Å². The summed E-state index contributed by atoms with van der Waals surface area (Å²) in [6.45, 7) is 4.72. The van der Waals surface area contributed by atoms with Gasteiger partial charge in [-0.15, -0.1) is 11.3 Å². The first-order chi connectivity index (χ1) is 30.0. The van der Waals surface area contributed by atoms with E-state index in [1.165, 1.54) is 97.4 Å². The van der Waals surface area contributed by atoms with Crippen molar-refractivity contribution in [1.29, 1.82) is 0 Å². The van der Waals surface area contributed by atoms with Crippen LogP contribution in [-0.2, 0) is 5.41 Å². The zero-order valence-corrected chi connectivity index (χ0v) is 34.9. The van der Waals surface area contributed by atoms with Crippen molar-refractivity contribution < 1.29 is 0 Å². The molecular weight excluding hydrogens is 755 g/mol. The van der Waals surface area contributed by atoms with Gasteiger partial charge in [-0.1, -0.05) is 166 Å². The lowest BCUT2D eigenvalue weighted by atomic mass is 9.82. The SMILES string of the molecule is CC1(C)c2ccccc2-c2ccc(N(c3ccc(-c4ccc(-c5ccc6c7ccccc7c7ccccc7c6c5)s4)cc3)c3ccc4ccc(-c5ccccc5)cc4c3)cc21. The first-order valence-corrected chi connectivity index (χ1v) is 22.0. The van der Waals surface area contributed by atoms with E-state index in [1.807, 2.05) is 11.3 Å². The van der Waals surface area contributed by atoms with Crippen molar-refractivity contribution >= 4 is 71.5 Å². The smallest absolute Gasteiger partial charge is 0.0468 e. The summed E-state index contributed by atoms with van der Waals surface area (Å²) in [4.78, 5) is 4.96. The monoisotopic (exact) mass is 795 g/mol. The number of hydrogen-bond acceptors (Lipinski definition) is 2. The zero-order chi connectivity index (χ0) is 40.7. The van der Waals surface area contributed by atoms with Crippen LogP contribution in [0.2, 0.25) is 0 Å². The van der Waals surface area contributed by atoms with Crippen LogP contribution in [0.4, 0.5) is 17.1 Å². The summed E-state index contributed by atoms with van der Waals surface area (Å²) in [5, 5.41) is 10.3. The first kappa shape index (κ1) is 35.7. The van der Waals surface area contributed by atoms with Crippen LogP contribution in [0.1, 0.15) is 25.0 Å². The molecule has 0 bridgehead atoms. The van der Waals surface area contributed by atoms with Crippen LogP contribution in [-0.4, -0.2) is 0 Å². The fourth-order valence-electron chi connectivity index (χ4n) is 9.95. The average molecular weight is 796 g/mol. The van der Waals surface area contributed by atoms with E-state index >= 15 is 0 Å². The van der Waals surface area contributed by atoms with Crippen molar-refractivity contribution in [2.45, 2.75) is 19.3 Å². The van der Waals surface area contributed by atoms with Crippen LogP contribution >= 0.6 is 11.3 Å². The van der Waals surface area contributed by atoms with E-state index in [-0.39, 0.29) is 5.41 Å². The van der Waals surface area contributed by atoms with Gasteiger partial charge in [-0.25, -0.2) is 0 Å². The predicted octanol–water partition coefficient (Wildman–Crippen LogP) is 17.1. The second-order valence-electron chi connectivity index (χ2n) is 16.9. The summed E-state index contributed by atoms with van der Waals surface area (Å²) in [6, 6.07) is 78.6. The van der Waals surface area contributed by atoms with Crippen LogP contribution in [0.5, 0.6) is 0 Å². The van der Waals surface area contributed by atoms with Crippen LogP contribution in [0.25, 0.3) is 86.2 Å². The van der Waals surface area contributed by atoms with Gasteiger partial charge >= 0.3 is 0 Å². The van der Waals surface area contributed by atoms with Crippen LogP contribution in [0.15, 0.2) is 212 Å². The molecule has 10 aromatic carbocycles. The maximum atomic E-state index is 2.43. The Kier molecular flexibility index (Phi) is 8.13. The van der Waals surface area contributed by atoms with E-state index in [4.69, 9.17) is 0 Å². The second kappa shape index (κ2) is 13.9. The molecule has 0 N–H and O–H groups in total. The maximum Gasteiger partial charge on any atom is 0.0468 e. The highest BCUT2D eigenvalue weighted by atomic mass is 32.1. The summed E-state index contributed by atoms with van der Waals surface area (Å²) < 4.78 is 0. The molecule has 0 aliphatic heterocycles. The lowest BCUT2D eigenvalue weighted by Gasteiger charge is -2.28. The van der Waals surface area contributed by atoms with Crippen molar-refractivity contribution in [2.75, 3.05) is 4.90 Å². The van der Waals surface area contributed by atoms with Gasteiger partial charge < -0.3 is 4.90 Å². The average Bonchev–Trinajstić information content (AvgIpc) is 3.90. The van der Waals surface area contributed by atoms with Gasteiger partial charge in [0, 0.05) is 32.2 Å². The topological polar surface area (TPSA) is 3.24 Å². The molecule has 0 saturated carbocycles. The number of nitrogens with zero attached hydrogens (tertiary/aromatic N) is 1. The van der Waals surface area contributed by atoms with Crippen LogP contribution in [0, 0.1) is 0 Å². The Bertz CT molecular complexity index is 3470. The largest absolute Gasteiger partial charge is 0.310 e. The third-order valence-electron chi connectivity index (χ3n) is 13.1. The number of benzene rings is 10. The second-order valence-corrected chi connectivity index (χ2v) is 18.0. The molecule has 288 valence electrons. The van der Waals surface area contributed by atoms with E-state index < -0.39 is 0 Å². The number of thiophene rings is 1. The third kappa shape index (κ3) is 5.82. The van der Waals surface area contributed by atoms with E-state index in [9.17, 15) is 0 Å². The molecule has 12 rings (SSSR count). The van der Waals surface area contributed by atoms with E-state index in [2.05, 4.69) is 231 Å². The molecule has 1 aromatic heterocycles. The summed E-state index contributed by atoms with van der Waals surface area (Å²) in [7, 11) is 0. The molecule has 1 nitrogen and oxygen atoms in total. The van der Waals surface area contributed by atoms with Crippen molar-refractivity contribution in [2.24, 2.45) is 0 Å². The third-order valence-corrected chi connectivity index (χ3v) is 14.2. The minimum Gasteiger partial charge on any atom is -0.310 e. The van der Waals surface area contributed by atoms with E-state index in [0.717, 1.165) is 17.1 Å². The Hall–Kier alpha value is -7.26. The summed E-state index contributed by atoms with van der Waals surface area (Å²) >= 11 is 1.86. The molecule has 0 fully saturated rings. The van der Waals surface area contributed by atoms with Gasteiger partial charge in [-0.2, -0.15) is 0 Å². The summed E-state index contributed by atoms with van der Waals surface area (Å²) in [5.74, 6) is 0. The fourth-order valence-corrected chi connectivity index (χ4v) is 11.0. The minimum absolute atomic E-state index is 0.103. The molecule has 61 heavy (non-hydrogen) atoms. The number of rotatable bonds is 6. The van der Waals surface area contributed by atoms with Gasteiger partial charge in [0.05, 0.1) is 0 Å². The fraction of sp³-hybridized carbons (Fsp3) is 0.0508. The quantitative estimate of drug-likeness (QED) is 0.152. The van der Waals surface area contributed by atoms with Crippen molar-refractivity contribution in [1.82, 2.24) is 0 Å². The van der Waals surface area contributed by atoms with Gasteiger partial charge in [0.25, 0.3) is 0 Å². The zero-order valence-electron chi connectivity index (χ0n) is 34.1. The molecule has 0 unspecified atom stereocenters. The molecule has 0 spiro atoms. The standard InChI is InChI=1S/C59H41NS/c1-59(2)55-19-11-10-18-52(55)53-31-29-46(37-56(53)59)60(45-28-22-39-20-21-41(34-43(39)35-45)38-12-4-3-5-13-38)44-26-23-40(24-27-44)57-32-33-58(61-57)42-25-30-51-49-16-7-6-14-47(49)48-15-8-9-17-50(48)54(51)36-42/h3-37H,1-2H3. The summed E-state index contributed by atoms with van der Waals surface area (Å²) in [6.07, 6.45) is 0. The Balaban J connectivity index is 0.938. The molecule has 2 heteroatoms. The van der Waals surface area contributed by atoms with Gasteiger partial charge in [0.2, 0.25) is 0 Å². The lowest BCUT2D eigenvalue weighted by molar-refractivity contribution is 0.660. The summed E-state index contributed by atoms with van der Waals surface area (Å²) in [5.41, 5.74) is 13.6. The Morgan fingerprint density at radius 1 is 0.328 bits per heavy atom. The highest BCUT2D eigenvalue weighted by molar-refractivity contribution is 7.18. The molecule has 0 amide bonds. The number of anilines is 3. The molecule has 0 atom stereocenters. The molecule has 0 saturated heterocycles. The first-order valence-electron chi connectivity index (χ1n) is 21.2. The molecule has 0 radical (unpaired) electrons. The predicted molar refractivity (Wildman–Crippen MR) is 263 cm³/mol. The molecule has 1 heterocycles. The highest BCUT2D eigenvalue weighted by Gasteiger charge is 2.35. The van der Waals surface area contributed by atoms with Gasteiger partial charge in [0.15, 0.2) is 0 Å².